The summed E-state index contributed by atoms with van der Waals surface area (Å²) >= 11 is 4.88. The number of nitrogens with zero attached hydrogens (tertiary/aromatic N) is 1. The van der Waals surface area contributed by atoms with Gasteiger partial charge in [-0.2, -0.15) is 0 Å². The predicted octanol–water partition coefficient (Wildman–Crippen LogP) is 0.858. The maximum atomic E-state index is 12.3. The summed E-state index contributed by atoms with van der Waals surface area (Å²) in [5.41, 5.74) is 6.83. The van der Waals surface area contributed by atoms with Crippen LogP contribution in [-0.2, 0) is 10.0 Å². The Kier molecular flexibility index (Phi) is 5.64. The first-order chi connectivity index (χ1) is 9.13. The molecule has 0 fully saturated rings. The predicted molar refractivity (Wildman–Crippen MR) is 85.4 cm³/mol. The van der Waals surface area contributed by atoms with Gasteiger partial charge >= 0.3 is 0 Å². The normalized spacial score (nSPS) is 13.4. The summed E-state index contributed by atoms with van der Waals surface area (Å²) in [4.78, 5) is 2.44. The second kappa shape index (κ2) is 6.62. The van der Waals surface area contributed by atoms with Gasteiger partial charge in [0.25, 0.3) is 0 Å². The van der Waals surface area contributed by atoms with E-state index in [0.717, 1.165) is 0 Å². The van der Waals surface area contributed by atoms with E-state index in [1.165, 1.54) is 6.07 Å². The van der Waals surface area contributed by atoms with Crippen LogP contribution in [0.1, 0.15) is 18.1 Å². The van der Waals surface area contributed by atoms with Crippen molar-refractivity contribution in [2.75, 3.05) is 20.6 Å². The van der Waals surface area contributed by atoms with E-state index in [1.807, 2.05) is 25.9 Å². The van der Waals surface area contributed by atoms with Gasteiger partial charge in [0.1, 0.15) is 4.99 Å². The highest BCUT2D eigenvalue weighted by Gasteiger charge is 2.20. The topological polar surface area (TPSA) is 75.4 Å². The van der Waals surface area contributed by atoms with E-state index in [0.29, 0.717) is 17.7 Å². The van der Waals surface area contributed by atoms with Crippen LogP contribution < -0.4 is 10.5 Å². The molecule has 1 unspecified atom stereocenters. The van der Waals surface area contributed by atoms with Crippen molar-refractivity contribution in [3.8, 4) is 0 Å². The van der Waals surface area contributed by atoms with Crippen LogP contribution in [0, 0.1) is 6.92 Å². The van der Waals surface area contributed by atoms with Crippen LogP contribution >= 0.6 is 12.2 Å². The second-order valence-corrected chi connectivity index (χ2v) is 7.25. The SMILES string of the molecule is Cc1cc(C(N)=S)ccc1S(=O)(=O)NC(C)CN(C)C. The van der Waals surface area contributed by atoms with Crippen LogP contribution in [0.15, 0.2) is 23.1 Å². The minimum Gasteiger partial charge on any atom is -0.389 e. The molecule has 0 aliphatic rings. The lowest BCUT2D eigenvalue weighted by molar-refractivity contribution is 0.370. The molecule has 0 bridgehead atoms. The highest BCUT2D eigenvalue weighted by molar-refractivity contribution is 7.89. The van der Waals surface area contributed by atoms with Crippen molar-refractivity contribution >= 4 is 27.2 Å². The first-order valence-corrected chi connectivity index (χ1v) is 8.10. The molecular formula is C13H21N3O2S2. The average molecular weight is 315 g/mol. The number of aryl methyl sites for hydroxylation is 1. The standard InChI is InChI=1S/C13H21N3O2S2/c1-9-7-11(13(14)19)5-6-12(9)20(17,18)15-10(2)8-16(3)4/h5-7,10,15H,8H2,1-4H3,(H2,14,19). The molecule has 0 aliphatic carbocycles. The number of nitrogens with two attached hydrogens (primary N) is 1. The molecule has 5 nitrogen and oxygen atoms in total. The van der Waals surface area contributed by atoms with Crippen LogP contribution in [0.2, 0.25) is 0 Å². The van der Waals surface area contributed by atoms with Gasteiger partial charge in [-0.15, -0.1) is 0 Å². The van der Waals surface area contributed by atoms with Crippen LogP contribution in [0.4, 0.5) is 0 Å². The summed E-state index contributed by atoms with van der Waals surface area (Å²) in [5.74, 6) is 0. The molecule has 7 heteroatoms. The molecule has 1 rings (SSSR count). The third-order valence-corrected chi connectivity index (χ3v) is 4.73. The van der Waals surface area contributed by atoms with E-state index in [-0.39, 0.29) is 15.9 Å². The largest absolute Gasteiger partial charge is 0.389 e. The fourth-order valence-electron chi connectivity index (χ4n) is 2.02. The number of thiocarbonyl (C=S) groups is 1. The average Bonchev–Trinajstić information content (AvgIpc) is 2.25. The molecule has 1 aromatic rings. The van der Waals surface area contributed by atoms with Crippen molar-refractivity contribution in [3.63, 3.8) is 0 Å². The molecule has 3 N–H and O–H groups in total. The summed E-state index contributed by atoms with van der Waals surface area (Å²) in [6.07, 6.45) is 0. The Morgan fingerprint density at radius 1 is 1.45 bits per heavy atom. The zero-order valence-corrected chi connectivity index (χ0v) is 13.8. The van der Waals surface area contributed by atoms with Gasteiger partial charge in [-0.1, -0.05) is 18.3 Å². The third-order valence-electron chi connectivity index (χ3n) is 2.74. The van der Waals surface area contributed by atoms with Gasteiger partial charge in [0.05, 0.1) is 4.90 Å². The molecule has 0 heterocycles. The number of hydrogen-bond donors (Lipinski definition) is 2. The highest BCUT2D eigenvalue weighted by atomic mass is 32.2. The lowest BCUT2D eigenvalue weighted by Crippen LogP contribution is -2.39. The Labute approximate surface area is 126 Å². The summed E-state index contributed by atoms with van der Waals surface area (Å²) in [6.45, 7) is 4.19. The highest BCUT2D eigenvalue weighted by Crippen LogP contribution is 2.17. The van der Waals surface area contributed by atoms with E-state index < -0.39 is 10.0 Å². The maximum Gasteiger partial charge on any atom is 0.241 e. The van der Waals surface area contributed by atoms with Gasteiger partial charge in [-0.25, -0.2) is 13.1 Å². The van der Waals surface area contributed by atoms with Crippen LogP contribution in [0.3, 0.4) is 0 Å². The number of rotatable bonds is 6. The summed E-state index contributed by atoms with van der Waals surface area (Å²) in [6, 6.07) is 4.67. The van der Waals surface area contributed by atoms with Crippen molar-refractivity contribution < 1.29 is 8.42 Å². The molecule has 20 heavy (non-hydrogen) atoms. The number of sulfonamides is 1. The number of hydrogen-bond acceptors (Lipinski definition) is 4. The zero-order valence-electron chi connectivity index (χ0n) is 12.2. The van der Waals surface area contributed by atoms with Gasteiger partial charge in [0.2, 0.25) is 10.0 Å². The molecule has 0 spiro atoms. The van der Waals surface area contributed by atoms with Crippen LogP contribution in [0.25, 0.3) is 0 Å². The molecular weight excluding hydrogens is 294 g/mol. The maximum absolute atomic E-state index is 12.3. The zero-order chi connectivity index (χ0) is 15.5. The third kappa shape index (κ3) is 4.52. The van der Waals surface area contributed by atoms with E-state index in [4.69, 9.17) is 18.0 Å². The summed E-state index contributed by atoms with van der Waals surface area (Å²) in [7, 11) is 0.253. The van der Waals surface area contributed by atoms with Crippen molar-refractivity contribution in [1.29, 1.82) is 0 Å². The summed E-state index contributed by atoms with van der Waals surface area (Å²) < 4.78 is 27.3. The fraction of sp³-hybridized carbons (Fsp3) is 0.462. The molecule has 112 valence electrons. The Balaban J connectivity index is 3.01. The Hall–Kier alpha value is -1.02. The van der Waals surface area contributed by atoms with Crippen LogP contribution in [0.5, 0.6) is 0 Å². The van der Waals surface area contributed by atoms with Crippen LogP contribution in [-0.4, -0.2) is 45.0 Å². The number of nitrogens with one attached hydrogen (secondary N) is 1. The first kappa shape index (κ1) is 17.0. The smallest absolute Gasteiger partial charge is 0.241 e. The molecule has 1 aromatic carbocycles. The lowest BCUT2D eigenvalue weighted by Gasteiger charge is -2.19. The van der Waals surface area contributed by atoms with Crippen molar-refractivity contribution in [1.82, 2.24) is 9.62 Å². The van der Waals surface area contributed by atoms with E-state index >= 15 is 0 Å². The van der Waals surface area contributed by atoms with Gasteiger partial charge < -0.3 is 10.6 Å². The van der Waals surface area contributed by atoms with Crippen molar-refractivity contribution in [2.24, 2.45) is 5.73 Å². The number of likely N-dealkylation sites (N-methyl/N-ethyl adjacent to an activating group) is 1. The molecule has 1 atom stereocenters. The quantitative estimate of drug-likeness (QED) is 0.762. The minimum absolute atomic E-state index is 0.176. The Bertz CT molecular complexity index is 598. The summed E-state index contributed by atoms with van der Waals surface area (Å²) in [5, 5.41) is 0. The van der Waals surface area contributed by atoms with Gasteiger partial charge in [-0.05, 0) is 45.6 Å². The van der Waals surface area contributed by atoms with E-state index in [1.54, 1.807) is 19.1 Å². The van der Waals surface area contributed by atoms with E-state index in [2.05, 4.69) is 4.72 Å². The Morgan fingerprint density at radius 2 is 2.05 bits per heavy atom. The fourth-order valence-corrected chi connectivity index (χ4v) is 3.61. The molecule has 0 aromatic heterocycles. The molecule has 0 saturated carbocycles. The van der Waals surface area contributed by atoms with Crippen molar-refractivity contribution in [2.45, 2.75) is 24.8 Å². The Morgan fingerprint density at radius 3 is 2.50 bits per heavy atom. The second-order valence-electron chi connectivity index (χ2n) is 5.13. The molecule has 0 amide bonds. The molecule has 0 aliphatic heterocycles. The van der Waals surface area contributed by atoms with Crippen molar-refractivity contribution in [3.05, 3.63) is 29.3 Å². The van der Waals surface area contributed by atoms with E-state index in [9.17, 15) is 8.42 Å². The first-order valence-electron chi connectivity index (χ1n) is 6.21. The monoisotopic (exact) mass is 315 g/mol. The molecule has 0 saturated heterocycles. The van der Waals surface area contributed by atoms with Gasteiger partial charge in [0.15, 0.2) is 0 Å². The van der Waals surface area contributed by atoms with Gasteiger partial charge in [0, 0.05) is 18.2 Å². The van der Waals surface area contributed by atoms with Gasteiger partial charge in [-0.3, -0.25) is 0 Å². The minimum atomic E-state index is -3.54. The molecule has 0 radical (unpaired) electrons. The lowest BCUT2D eigenvalue weighted by atomic mass is 10.1. The number of benzene rings is 1.